The van der Waals surface area contributed by atoms with Gasteiger partial charge in [0.05, 0.1) is 16.0 Å². The maximum absolute atomic E-state index is 13.6. The average Bonchev–Trinajstić information content (AvgIpc) is 3.18. The Bertz CT molecular complexity index is 1370. The highest BCUT2D eigenvalue weighted by molar-refractivity contribution is 7.90. The number of alkyl halides is 3. The predicted molar refractivity (Wildman–Crippen MR) is 123 cm³/mol. The summed E-state index contributed by atoms with van der Waals surface area (Å²) >= 11 is 0. The summed E-state index contributed by atoms with van der Waals surface area (Å²) < 4.78 is 68.8. The number of fused-ring (bicyclic) bond motifs is 2. The minimum atomic E-state index is -4.52. The van der Waals surface area contributed by atoms with Crippen molar-refractivity contribution in [3.05, 3.63) is 65.4 Å². The number of halogens is 3. The van der Waals surface area contributed by atoms with E-state index in [4.69, 9.17) is 0 Å². The lowest BCUT2D eigenvalue weighted by Crippen LogP contribution is -2.23. The Hall–Kier alpha value is -2.78. The first-order valence-electron chi connectivity index (χ1n) is 10.9. The van der Waals surface area contributed by atoms with E-state index in [9.17, 15) is 21.6 Å². The van der Waals surface area contributed by atoms with Gasteiger partial charge in [0, 0.05) is 42.5 Å². The Labute approximate surface area is 190 Å². The average molecular weight is 476 g/mol. The predicted octanol–water partition coefficient (Wildman–Crippen LogP) is 4.97. The lowest BCUT2D eigenvalue weighted by atomic mass is 9.98. The SMILES string of the molecule is CN1CC=C(c2cn(S(=O)(=O)c3ccc4c(c3)NCCC4)c3ccc(C(F)(F)F)cc23)CC1. The van der Waals surface area contributed by atoms with Crippen LogP contribution in [0.15, 0.2) is 53.6 Å². The van der Waals surface area contributed by atoms with Crippen molar-refractivity contribution >= 4 is 32.2 Å². The van der Waals surface area contributed by atoms with Gasteiger partial charge in [-0.2, -0.15) is 13.2 Å². The molecule has 1 aromatic heterocycles. The van der Waals surface area contributed by atoms with E-state index < -0.39 is 21.8 Å². The Morgan fingerprint density at radius 3 is 2.61 bits per heavy atom. The van der Waals surface area contributed by atoms with Gasteiger partial charge in [-0.05, 0) is 67.8 Å². The summed E-state index contributed by atoms with van der Waals surface area (Å²) in [6.07, 6.45) is 1.41. The quantitative estimate of drug-likeness (QED) is 0.581. The second kappa shape index (κ2) is 7.92. The van der Waals surface area contributed by atoms with Crippen LogP contribution in [0.25, 0.3) is 16.5 Å². The second-order valence-electron chi connectivity index (χ2n) is 8.66. The molecule has 174 valence electrons. The van der Waals surface area contributed by atoms with Gasteiger partial charge in [-0.3, -0.25) is 0 Å². The molecule has 0 saturated heterocycles. The van der Waals surface area contributed by atoms with E-state index in [0.29, 0.717) is 23.9 Å². The molecule has 3 aromatic rings. The van der Waals surface area contributed by atoms with Crippen LogP contribution >= 0.6 is 0 Å². The third kappa shape index (κ3) is 3.93. The smallest absolute Gasteiger partial charge is 0.385 e. The van der Waals surface area contributed by atoms with Crippen molar-refractivity contribution in [3.63, 3.8) is 0 Å². The highest BCUT2D eigenvalue weighted by atomic mass is 32.2. The number of anilines is 1. The number of aryl methyl sites for hydroxylation is 1. The zero-order valence-electron chi connectivity index (χ0n) is 18.1. The third-order valence-corrected chi connectivity index (χ3v) is 8.10. The summed E-state index contributed by atoms with van der Waals surface area (Å²) in [4.78, 5) is 2.21. The highest BCUT2D eigenvalue weighted by Crippen LogP contribution is 2.38. The fraction of sp³-hybridized carbons (Fsp3) is 0.333. The number of benzene rings is 2. The molecule has 0 unspecified atom stereocenters. The van der Waals surface area contributed by atoms with Gasteiger partial charge in [-0.1, -0.05) is 12.1 Å². The Morgan fingerprint density at radius 1 is 1.06 bits per heavy atom. The number of hydrogen-bond acceptors (Lipinski definition) is 4. The Kier molecular flexibility index (Phi) is 5.29. The van der Waals surface area contributed by atoms with Crippen LogP contribution in [0.5, 0.6) is 0 Å². The van der Waals surface area contributed by atoms with Gasteiger partial charge in [0.1, 0.15) is 0 Å². The maximum atomic E-state index is 13.6. The molecule has 0 radical (unpaired) electrons. The molecule has 0 saturated carbocycles. The van der Waals surface area contributed by atoms with E-state index in [-0.39, 0.29) is 10.4 Å². The molecule has 0 atom stereocenters. The molecule has 9 heteroatoms. The van der Waals surface area contributed by atoms with E-state index in [0.717, 1.165) is 58.9 Å². The fourth-order valence-corrected chi connectivity index (χ4v) is 5.96. The van der Waals surface area contributed by atoms with Crippen LogP contribution in [0.3, 0.4) is 0 Å². The van der Waals surface area contributed by atoms with Crippen molar-refractivity contribution in [2.75, 3.05) is 32.0 Å². The molecule has 0 bridgehead atoms. The molecular formula is C24H24F3N3O2S. The molecule has 1 N–H and O–H groups in total. The van der Waals surface area contributed by atoms with Gasteiger partial charge in [0.2, 0.25) is 0 Å². The van der Waals surface area contributed by atoms with Crippen LogP contribution in [0.2, 0.25) is 0 Å². The maximum Gasteiger partial charge on any atom is 0.416 e. The standard InChI is InChI=1S/C24H24F3N3O2S/c1-29-11-8-16(9-12-29)21-15-30(23-7-5-18(13-20(21)23)24(25,26)27)33(31,32)19-6-4-17-3-2-10-28-22(17)14-19/h4-8,13-15,28H,2-3,9-12H2,1H3. The van der Waals surface area contributed by atoms with Crippen LogP contribution < -0.4 is 5.32 Å². The first-order chi connectivity index (χ1) is 15.6. The summed E-state index contributed by atoms with van der Waals surface area (Å²) in [5.41, 5.74) is 2.68. The summed E-state index contributed by atoms with van der Waals surface area (Å²) in [7, 11) is -2.05. The molecule has 33 heavy (non-hydrogen) atoms. The van der Waals surface area contributed by atoms with E-state index in [1.54, 1.807) is 12.1 Å². The van der Waals surface area contributed by atoms with Crippen LogP contribution in [-0.2, 0) is 22.6 Å². The molecule has 2 aliphatic heterocycles. The summed E-state index contributed by atoms with van der Waals surface area (Å²) in [6.45, 7) is 2.18. The van der Waals surface area contributed by atoms with E-state index in [2.05, 4.69) is 10.2 Å². The van der Waals surface area contributed by atoms with Crippen molar-refractivity contribution in [2.45, 2.75) is 30.3 Å². The van der Waals surface area contributed by atoms with Crippen molar-refractivity contribution in [1.82, 2.24) is 8.87 Å². The van der Waals surface area contributed by atoms with Crippen molar-refractivity contribution < 1.29 is 21.6 Å². The number of hydrogen-bond donors (Lipinski definition) is 1. The van der Waals surface area contributed by atoms with Gasteiger partial charge in [-0.15, -0.1) is 0 Å². The molecule has 0 spiro atoms. The summed E-state index contributed by atoms with van der Waals surface area (Å²) in [5, 5.41) is 3.53. The number of likely N-dealkylation sites (N-methyl/N-ethyl adjacent to an activating group) is 1. The minimum Gasteiger partial charge on any atom is -0.385 e. The van der Waals surface area contributed by atoms with Crippen LogP contribution in [0, 0.1) is 0 Å². The Morgan fingerprint density at radius 2 is 1.88 bits per heavy atom. The molecule has 2 aliphatic rings. The minimum absolute atomic E-state index is 0.108. The molecule has 5 rings (SSSR count). The van der Waals surface area contributed by atoms with E-state index in [1.807, 2.05) is 19.2 Å². The van der Waals surface area contributed by atoms with Gasteiger partial charge < -0.3 is 10.2 Å². The van der Waals surface area contributed by atoms with E-state index in [1.165, 1.54) is 12.3 Å². The van der Waals surface area contributed by atoms with E-state index >= 15 is 0 Å². The van der Waals surface area contributed by atoms with Gasteiger partial charge in [0.15, 0.2) is 0 Å². The molecule has 0 aliphatic carbocycles. The van der Waals surface area contributed by atoms with Crippen LogP contribution in [-0.4, -0.2) is 44.0 Å². The lowest BCUT2D eigenvalue weighted by molar-refractivity contribution is -0.137. The van der Waals surface area contributed by atoms with Crippen LogP contribution in [0.1, 0.15) is 29.5 Å². The van der Waals surface area contributed by atoms with Crippen molar-refractivity contribution in [3.8, 4) is 0 Å². The normalized spacial score (nSPS) is 17.5. The molecule has 3 heterocycles. The van der Waals surface area contributed by atoms with Crippen molar-refractivity contribution in [1.29, 1.82) is 0 Å². The third-order valence-electron chi connectivity index (χ3n) is 6.43. The number of rotatable bonds is 3. The monoisotopic (exact) mass is 475 g/mol. The number of aromatic nitrogens is 1. The molecular weight excluding hydrogens is 451 g/mol. The molecule has 5 nitrogen and oxygen atoms in total. The fourth-order valence-electron chi connectivity index (χ4n) is 4.56. The zero-order chi connectivity index (χ0) is 23.4. The molecule has 0 fully saturated rings. The number of nitrogens with one attached hydrogen (secondary N) is 1. The van der Waals surface area contributed by atoms with Gasteiger partial charge in [-0.25, -0.2) is 12.4 Å². The second-order valence-corrected chi connectivity index (χ2v) is 10.5. The van der Waals surface area contributed by atoms with Crippen molar-refractivity contribution in [2.24, 2.45) is 0 Å². The molecule has 2 aromatic carbocycles. The first-order valence-corrected chi connectivity index (χ1v) is 12.3. The molecule has 0 amide bonds. The Balaban J connectivity index is 1.69. The summed E-state index contributed by atoms with van der Waals surface area (Å²) in [5.74, 6) is 0. The number of nitrogens with zero attached hydrogens (tertiary/aromatic N) is 2. The topological polar surface area (TPSA) is 54.3 Å². The largest absolute Gasteiger partial charge is 0.416 e. The highest BCUT2D eigenvalue weighted by Gasteiger charge is 2.32. The zero-order valence-corrected chi connectivity index (χ0v) is 18.9. The van der Waals surface area contributed by atoms with Gasteiger partial charge >= 0.3 is 6.18 Å². The van der Waals surface area contributed by atoms with Crippen LogP contribution in [0.4, 0.5) is 18.9 Å². The first kappa shape index (κ1) is 22.0. The van der Waals surface area contributed by atoms with Gasteiger partial charge in [0.25, 0.3) is 10.0 Å². The summed E-state index contributed by atoms with van der Waals surface area (Å²) in [6, 6.07) is 8.26. The lowest BCUT2D eigenvalue weighted by Gasteiger charge is -2.21.